The van der Waals surface area contributed by atoms with Gasteiger partial charge >= 0.3 is 0 Å². The van der Waals surface area contributed by atoms with Crippen LogP contribution in [0.25, 0.3) is 0 Å². The Morgan fingerprint density at radius 3 is 2.15 bits per heavy atom. The van der Waals surface area contributed by atoms with E-state index in [1.165, 1.54) is 19.3 Å². The summed E-state index contributed by atoms with van der Waals surface area (Å²) >= 11 is 0. The van der Waals surface area contributed by atoms with Crippen molar-refractivity contribution in [1.82, 2.24) is 0 Å². The van der Waals surface area contributed by atoms with Gasteiger partial charge in [0.05, 0.1) is 24.2 Å². The fourth-order valence-electron chi connectivity index (χ4n) is 6.36. The van der Waals surface area contributed by atoms with E-state index in [4.69, 9.17) is 10.5 Å². The Labute approximate surface area is 162 Å². The Bertz CT molecular complexity index is 571. The first-order chi connectivity index (χ1) is 13.0. The average molecular weight is 378 g/mol. The van der Waals surface area contributed by atoms with Gasteiger partial charge in [-0.1, -0.05) is 26.2 Å². The van der Waals surface area contributed by atoms with Crippen LogP contribution >= 0.6 is 0 Å². The predicted octanol–water partition coefficient (Wildman–Crippen LogP) is 2.62. The monoisotopic (exact) mass is 377 g/mol. The van der Waals surface area contributed by atoms with Gasteiger partial charge < -0.3 is 15.6 Å². The summed E-state index contributed by atoms with van der Waals surface area (Å²) in [7, 11) is 0. The van der Waals surface area contributed by atoms with Gasteiger partial charge in [0.25, 0.3) is 0 Å². The number of ketones is 2. The molecule has 0 spiro atoms. The number of ether oxygens (including phenoxy) is 1. The van der Waals surface area contributed by atoms with Gasteiger partial charge in [0.15, 0.2) is 0 Å². The summed E-state index contributed by atoms with van der Waals surface area (Å²) in [5.74, 6) is -0.519. The van der Waals surface area contributed by atoms with E-state index in [0.717, 1.165) is 44.4 Å². The summed E-state index contributed by atoms with van der Waals surface area (Å²) in [5.41, 5.74) is 6.53. The average Bonchev–Trinajstić information content (AvgIpc) is 2.69. The zero-order valence-corrected chi connectivity index (χ0v) is 16.5. The molecule has 4 aliphatic rings. The molecule has 0 saturated heterocycles. The van der Waals surface area contributed by atoms with E-state index in [0.29, 0.717) is 6.42 Å². The minimum Gasteiger partial charge on any atom is -0.392 e. The minimum atomic E-state index is -0.800. The number of aliphatic hydroxyl groups is 1. The summed E-state index contributed by atoms with van der Waals surface area (Å²) in [4.78, 5) is 26.3. The maximum Gasteiger partial charge on any atom is 0.143 e. The number of Topliss-reactive ketones (excluding diaryl/α,β-unsaturated/α-hetero) is 2. The van der Waals surface area contributed by atoms with Crippen molar-refractivity contribution in [3.05, 3.63) is 0 Å². The van der Waals surface area contributed by atoms with Gasteiger partial charge in [-0.05, 0) is 44.4 Å². The molecule has 0 aromatic heterocycles. The molecule has 4 fully saturated rings. The standard InChI is InChI=1S/C22H35NO4/c1-2-12-7-9-13(10-8-12)27-17-11-16(24)18-19(20(17)23)22(26)15-6-4-3-5-14(15)21(18)25/h12-20,24H,2-11,23H2,1H3. The highest BCUT2D eigenvalue weighted by molar-refractivity contribution is 6.00. The third-order valence-electron chi connectivity index (χ3n) is 8.01. The van der Waals surface area contributed by atoms with E-state index >= 15 is 0 Å². The maximum absolute atomic E-state index is 13.2. The molecule has 0 heterocycles. The molecule has 0 radical (unpaired) electrons. The Kier molecular flexibility index (Phi) is 5.73. The first-order valence-corrected chi connectivity index (χ1v) is 11.2. The number of aliphatic hydroxyl groups excluding tert-OH is 1. The Balaban J connectivity index is 1.48. The SMILES string of the molecule is CCC1CCC(OC2CC(O)C3C(=O)C4CCCCC4C(=O)C3C2N)CC1. The number of hydrogen-bond acceptors (Lipinski definition) is 5. The molecule has 7 atom stereocenters. The molecule has 0 aromatic rings. The molecule has 0 aliphatic heterocycles. The molecular weight excluding hydrogens is 342 g/mol. The zero-order chi connectivity index (χ0) is 19.1. The normalized spacial score (nSPS) is 48.0. The van der Waals surface area contributed by atoms with Crippen LogP contribution in [0.4, 0.5) is 0 Å². The number of carbonyl (C=O) groups excluding carboxylic acids is 2. The second kappa shape index (κ2) is 7.92. The van der Waals surface area contributed by atoms with Gasteiger partial charge in [0, 0.05) is 30.2 Å². The quantitative estimate of drug-likeness (QED) is 0.789. The van der Waals surface area contributed by atoms with Crippen LogP contribution < -0.4 is 5.73 Å². The topological polar surface area (TPSA) is 89.6 Å². The van der Waals surface area contributed by atoms with Crippen molar-refractivity contribution >= 4 is 11.6 Å². The molecule has 5 nitrogen and oxygen atoms in total. The number of nitrogens with two attached hydrogens (primary N) is 1. The summed E-state index contributed by atoms with van der Waals surface area (Å²) in [6, 6.07) is -0.471. The van der Waals surface area contributed by atoms with Gasteiger partial charge in [-0.2, -0.15) is 0 Å². The van der Waals surface area contributed by atoms with Crippen molar-refractivity contribution in [2.75, 3.05) is 0 Å². The minimum absolute atomic E-state index is 0.0918. The van der Waals surface area contributed by atoms with E-state index in [2.05, 4.69) is 6.92 Å². The van der Waals surface area contributed by atoms with E-state index in [-0.39, 0.29) is 35.6 Å². The molecule has 7 unspecified atom stereocenters. The Morgan fingerprint density at radius 1 is 0.963 bits per heavy atom. The molecule has 3 N–H and O–H groups in total. The van der Waals surface area contributed by atoms with E-state index in [9.17, 15) is 14.7 Å². The first kappa shape index (κ1) is 19.5. The fraction of sp³-hybridized carbons (Fsp3) is 0.909. The third-order valence-corrected chi connectivity index (χ3v) is 8.01. The van der Waals surface area contributed by atoms with Gasteiger partial charge in [0.1, 0.15) is 11.6 Å². The van der Waals surface area contributed by atoms with Crippen LogP contribution in [-0.2, 0) is 14.3 Å². The molecule has 4 saturated carbocycles. The number of hydrogen-bond donors (Lipinski definition) is 2. The van der Waals surface area contributed by atoms with Crippen molar-refractivity contribution in [2.24, 2.45) is 35.3 Å². The number of fused-ring (bicyclic) bond motifs is 2. The van der Waals surface area contributed by atoms with Crippen LogP contribution in [0.3, 0.4) is 0 Å². The Hall–Kier alpha value is -0.780. The summed E-state index contributed by atoms with van der Waals surface area (Å²) in [5, 5.41) is 10.8. The molecule has 4 rings (SSSR count). The molecule has 5 heteroatoms. The lowest BCUT2D eigenvalue weighted by molar-refractivity contribution is -0.168. The van der Waals surface area contributed by atoms with Crippen LogP contribution in [0, 0.1) is 29.6 Å². The van der Waals surface area contributed by atoms with E-state index < -0.39 is 24.0 Å². The molecule has 0 aromatic carbocycles. The van der Waals surface area contributed by atoms with Crippen molar-refractivity contribution < 1.29 is 19.4 Å². The van der Waals surface area contributed by atoms with Crippen molar-refractivity contribution in [3.63, 3.8) is 0 Å². The van der Waals surface area contributed by atoms with E-state index in [1.54, 1.807) is 0 Å². The summed E-state index contributed by atoms with van der Waals surface area (Å²) in [6.45, 7) is 2.24. The molecule has 4 aliphatic carbocycles. The lowest BCUT2D eigenvalue weighted by Gasteiger charge is -2.50. The van der Waals surface area contributed by atoms with Gasteiger partial charge in [-0.3, -0.25) is 9.59 Å². The third kappa shape index (κ3) is 3.51. The van der Waals surface area contributed by atoms with Crippen molar-refractivity contribution in [2.45, 2.75) is 95.5 Å². The Morgan fingerprint density at radius 2 is 1.56 bits per heavy atom. The summed E-state index contributed by atoms with van der Waals surface area (Å²) in [6.07, 6.45) is 8.68. The molecule has 0 bridgehead atoms. The highest BCUT2D eigenvalue weighted by Gasteiger charge is 2.57. The van der Waals surface area contributed by atoms with E-state index in [1.807, 2.05) is 0 Å². The second-order valence-corrected chi connectivity index (χ2v) is 9.46. The van der Waals surface area contributed by atoms with Gasteiger partial charge in [0.2, 0.25) is 0 Å². The van der Waals surface area contributed by atoms with Crippen molar-refractivity contribution in [1.29, 1.82) is 0 Å². The maximum atomic E-state index is 13.2. The van der Waals surface area contributed by atoms with Gasteiger partial charge in [-0.25, -0.2) is 0 Å². The molecule has 0 amide bonds. The highest BCUT2D eigenvalue weighted by Crippen LogP contribution is 2.46. The fourth-order valence-corrected chi connectivity index (χ4v) is 6.36. The predicted molar refractivity (Wildman–Crippen MR) is 102 cm³/mol. The molecule has 27 heavy (non-hydrogen) atoms. The first-order valence-electron chi connectivity index (χ1n) is 11.2. The molecule has 152 valence electrons. The number of carbonyl (C=O) groups is 2. The largest absolute Gasteiger partial charge is 0.392 e. The lowest BCUT2D eigenvalue weighted by Crippen LogP contribution is -2.64. The second-order valence-electron chi connectivity index (χ2n) is 9.46. The van der Waals surface area contributed by atoms with Crippen molar-refractivity contribution in [3.8, 4) is 0 Å². The number of rotatable bonds is 3. The van der Waals surface area contributed by atoms with Crippen LogP contribution in [0.15, 0.2) is 0 Å². The van der Waals surface area contributed by atoms with Crippen LogP contribution in [0.5, 0.6) is 0 Å². The van der Waals surface area contributed by atoms with Gasteiger partial charge in [-0.15, -0.1) is 0 Å². The summed E-state index contributed by atoms with van der Waals surface area (Å²) < 4.78 is 6.33. The van der Waals surface area contributed by atoms with Crippen LogP contribution in [-0.4, -0.2) is 41.0 Å². The smallest absolute Gasteiger partial charge is 0.143 e. The van der Waals surface area contributed by atoms with Crippen LogP contribution in [0.1, 0.15) is 71.1 Å². The zero-order valence-electron chi connectivity index (χ0n) is 16.5. The molecular formula is C22H35NO4. The highest BCUT2D eigenvalue weighted by atomic mass is 16.5. The van der Waals surface area contributed by atoms with Crippen LogP contribution in [0.2, 0.25) is 0 Å². The lowest BCUT2D eigenvalue weighted by atomic mass is 9.56.